The van der Waals surface area contributed by atoms with Crippen molar-refractivity contribution >= 4 is 37.1 Å². The normalized spacial score (nSPS) is 48.3. The number of benzene rings is 4. The Morgan fingerprint density at radius 2 is 0.818 bits per heavy atom. The van der Waals surface area contributed by atoms with Gasteiger partial charge in [-0.15, -0.1) is 0 Å². The van der Waals surface area contributed by atoms with Crippen LogP contribution in [0.1, 0.15) is 29.2 Å². The SMILES string of the molecule is CC(P(c1ccccc1)c1ccccc1)[C@]12[CH]3[CH]4[CH]5[C]1(P(c1cc(C(F)(F)F)cc(C(F)(F)F)c1)c1cc(C(F)(F)F)cc(C(F)(F)F)c1)[Fe]45321678[CH]2[CH]1[CH]6[CH]7[CH]28. The van der Waals surface area contributed by atoms with Crippen molar-refractivity contribution in [1.29, 1.82) is 0 Å². The first-order chi connectivity index (χ1) is 25.4. The number of alkyl halides is 12. The summed E-state index contributed by atoms with van der Waals surface area (Å²) in [4.78, 5) is 2.44. The second kappa shape index (κ2) is 5.70. The molecule has 0 nitrogen and oxygen atoms in total. The Bertz CT molecular complexity index is 2660. The maximum absolute atomic E-state index is 14.6. The average molecular weight is 854 g/mol. The molecule has 0 aliphatic carbocycles. The number of halogens is 12. The van der Waals surface area contributed by atoms with E-state index in [1.54, 1.807) is 0 Å². The fourth-order valence-electron chi connectivity index (χ4n) is 23.1. The van der Waals surface area contributed by atoms with E-state index in [0.717, 1.165) is 10.6 Å². The molecule has 6 atom stereocenters. The van der Waals surface area contributed by atoms with Gasteiger partial charge in [-0.25, -0.2) is 0 Å². The van der Waals surface area contributed by atoms with Gasteiger partial charge < -0.3 is 0 Å². The van der Waals surface area contributed by atoms with Crippen LogP contribution in [0.3, 0.4) is 0 Å². The Morgan fingerprint density at radius 1 is 0.473 bits per heavy atom. The van der Waals surface area contributed by atoms with E-state index in [1.807, 2.05) is 60.7 Å². The second-order valence-electron chi connectivity index (χ2n) is 19.3. The molecule has 15 heteroatoms. The molecular weight excluding hydrogens is 826 g/mol. The van der Waals surface area contributed by atoms with Gasteiger partial charge in [0.25, 0.3) is 0 Å². The van der Waals surface area contributed by atoms with Gasteiger partial charge in [-0.3, -0.25) is 0 Å². The number of hydrogen-bond donors (Lipinski definition) is 0. The van der Waals surface area contributed by atoms with E-state index in [1.165, 1.54) is 0 Å². The molecule has 4 aromatic rings. The van der Waals surface area contributed by atoms with Crippen molar-refractivity contribution in [2.75, 3.05) is 0 Å². The molecule has 55 heavy (non-hydrogen) atoms. The molecule has 1 spiro atoms. The van der Waals surface area contributed by atoms with Gasteiger partial charge in [0.15, 0.2) is 0 Å². The van der Waals surface area contributed by atoms with E-state index in [0.29, 0.717) is 58.0 Å². The van der Waals surface area contributed by atoms with Gasteiger partial charge in [-0.1, -0.05) is 0 Å². The molecule has 290 valence electrons. The molecule has 0 bridgehead atoms. The minimum atomic E-state index is -5.27. The van der Waals surface area contributed by atoms with Crippen LogP contribution in [0.4, 0.5) is 52.7 Å². The maximum atomic E-state index is 14.6. The minimum absolute atomic E-state index is 0.00527. The summed E-state index contributed by atoms with van der Waals surface area (Å²) in [5.74, 6) is 0. The van der Waals surface area contributed by atoms with Crippen LogP contribution in [0.5, 0.6) is 0 Å². The molecule has 0 radical (unpaired) electrons. The van der Waals surface area contributed by atoms with Crippen molar-refractivity contribution in [3.05, 3.63) is 119 Å². The summed E-state index contributed by atoms with van der Waals surface area (Å²) >= 11 is 0. The monoisotopic (exact) mass is 854 g/mol. The average Bonchev–Trinajstić information content (AvgIpc) is 4.06. The first-order valence-electron chi connectivity index (χ1n) is 17.9. The van der Waals surface area contributed by atoms with Gasteiger partial charge in [0, 0.05) is 0 Å². The van der Waals surface area contributed by atoms with Gasteiger partial charge in [-0.05, 0) is 0 Å². The predicted molar refractivity (Wildman–Crippen MR) is 183 cm³/mol. The van der Waals surface area contributed by atoms with Gasteiger partial charge in [-0.2, -0.15) is 0 Å². The number of hydrogen-bond acceptors (Lipinski definition) is 0. The first-order valence-corrected chi connectivity index (χ1v) is 26.9. The Morgan fingerprint density at radius 3 is 1.11 bits per heavy atom. The summed E-state index contributed by atoms with van der Waals surface area (Å²) in [6.45, 7) is -3.10. The van der Waals surface area contributed by atoms with Crippen molar-refractivity contribution in [1.82, 2.24) is 0 Å². The Labute approximate surface area is 298 Å². The van der Waals surface area contributed by atoms with Crippen LogP contribution in [-0.2, 0) is 31.2 Å². The van der Waals surface area contributed by atoms with E-state index in [4.69, 9.17) is 0 Å². The van der Waals surface area contributed by atoms with Crippen LogP contribution in [0.15, 0.2) is 97.1 Å². The number of fused-ring (bicyclic) bond motifs is 10. The molecule has 0 aromatic heterocycles. The molecular formula is C40H28F12FeP2. The van der Waals surface area contributed by atoms with Gasteiger partial charge >= 0.3 is 300 Å². The third-order valence-electron chi connectivity index (χ3n) is 21.9. The van der Waals surface area contributed by atoms with Gasteiger partial charge in [0.2, 0.25) is 0 Å². The van der Waals surface area contributed by atoms with Crippen molar-refractivity contribution < 1.29 is 59.2 Å². The molecule has 0 amide bonds. The third kappa shape index (κ3) is 1.22. The molecule has 0 N–H and O–H groups in total. The zero-order chi connectivity index (χ0) is 38.6. The van der Waals surface area contributed by atoms with Crippen LogP contribution in [-0.4, -0.2) is 9.71 Å². The van der Waals surface area contributed by atoms with Crippen molar-refractivity contribution in [2.45, 2.75) is 84.2 Å². The number of rotatable bonds is 7. The summed E-state index contributed by atoms with van der Waals surface area (Å²) in [6.07, 6.45) is -21.0. The zero-order valence-electron chi connectivity index (χ0n) is 28.2. The Balaban J connectivity index is 1.09. The summed E-state index contributed by atoms with van der Waals surface area (Å²) in [6, 6.07) is 22.1. The first kappa shape index (κ1) is 32.4. The summed E-state index contributed by atoms with van der Waals surface area (Å²) in [7, 11) is -3.74. The summed E-state index contributed by atoms with van der Waals surface area (Å²) in [5.41, 5.74) is -6.52. The molecule has 5 unspecified atom stereocenters. The van der Waals surface area contributed by atoms with Crippen LogP contribution in [0.2, 0.25) is 42.8 Å². The molecule has 10 aliphatic rings. The predicted octanol–water partition coefficient (Wildman–Crippen LogP) is 12.4. The molecule has 10 aliphatic heterocycles. The summed E-state index contributed by atoms with van der Waals surface area (Å²) < 4.78 is 174. The summed E-state index contributed by atoms with van der Waals surface area (Å²) in [5, 5.41) is 1.30. The Hall–Kier alpha value is -2.58. The molecule has 10 saturated heterocycles. The fourth-order valence-corrected chi connectivity index (χ4v) is 121. The van der Waals surface area contributed by atoms with Crippen molar-refractivity contribution in [2.24, 2.45) is 0 Å². The second-order valence-corrected chi connectivity index (χ2v) is 48.0. The molecule has 0 saturated carbocycles. The quantitative estimate of drug-likeness (QED) is 0.0987. The van der Waals surface area contributed by atoms with Gasteiger partial charge in [0.1, 0.15) is 0 Å². The van der Waals surface area contributed by atoms with Crippen molar-refractivity contribution in [3.8, 4) is 0 Å². The Kier molecular flexibility index (Phi) is 3.36. The van der Waals surface area contributed by atoms with E-state index < -0.39 is 88.3 Å². The van der Waals surface area contributed by atoms with Crippen LogP contribution in [0.25, 0.3) is 0 Å². The van der Waals surface area contributed by atoms with Gasteiger partial charge in [0.05, 0.1) is 0 Å². The molecule has 10 heterocycles. The topological polar surface area (TPSA) is 0 Å². The van der Waals surface area contributed by atoms with E-state index in [2.05, 4.69) is 6.92 Å². The van der Waals surface area contributed by atoms with E-state index in [-0.39, 0.29) is 22.6 Å². The van der Waals surface area contributed by atoms with Crippen molar-refractivity contribution in [3.63, 3.8) is 0 Å². The van der Waals surface area contributed by atoms with E-state index >= 15 is 0 Å². The van der Waals surface area contributed by atoms with E-state index in [9.17, 15) is 52.7 Å². The fraction of sp³-hybridized carbons (Fsp3) is 0.400. The standard InChI is InChI=1S/C35H23F12P2.C5H5.Fe/c1-21(48(26-9-4-2-5-10-26)27-11-6-3-7-12-27)30-13-8-14-31(30)49(28-17-22(32(36,37)38)15-23(18-28)33(39,40)41)29-19-24(34(42,43)44)16-25(20-29)35(45,46)47;1-2-4-5-3-1;/h2-21H,1H3;1-5H;. The van der Waals surface area contributed by atoms with Crippen LogP contribution < -0.4 is 21.2 Å². The molecule has 10 fully saturated rings. The zero-order valence-corrected chi connectivity index (χ0v) is 31.1. The van der Waals surface area contributed by atoms with Crippen LogP contribution in [0, 0.1) is 0 Å². The van der Waals surface area contributed by atoms with Crippen LogP contribution >= 0.6 is 15.8 Å². The molecule has 14 rings (SSSR count). The molecule has 4 aromatic carbocycles. The third-order valence-corrected chi connectivity index (χ3v) is 75.2.